The van der Waals surface area contributed by atoms with E-state index in [9.17, 15) is 4.39 Å². The van der Waals surface area contributed by atoms with Crippen molar-refractivity contribution in [3.05, 3.63) is 29.6 Å². The van der Waals surface area contributed by atoms with Gasteiger partial charge in [-0.2, -0.15) is 0 Å². The van der Waals surface area contributed by atoms with Crippen LogP contribution < -0.4 is 4.90 Å². The third-order valence-corrected chi connectivity index (χ3v) is 2.54. The summed E-state index contributed by atoms with van der Waals surface area (Å²) in [6.45, 7) is 4.89. The van der Waals surface area contributed by atoms with Gasteiger partial charge in [-0.3, -0.25) is 0 Å². The van der Waals surface area contributed by atoms with Crippen molar-refractivity contribution >= 4 is 5.69 Å². The van der Waals surface area contributed by atoms with Crippen LogP contribution in [0.15, 0.2) is 18.2 Å². The second-order valence-corrected chi connectivity index (χ2v) is 4.24. The first-order valence-corrected chi connectivity index (χ1v) is 5.77. The van der Waals surface area contributed by atoms with Crippen molar-refractivity contribution in [2.75, 3.05) is 25.1 Å². The summed E-state index contributed by atoms with van der Waals surface area (Å²) in [4.78, 5) is 1.89. The van der Waals surface area contributed by atoms with E-state index in [1.54, 1.807) is 12.1 Å². The van der Waals surface area contributed by atoms with E-state index >= 15 is 0 Å². The van der Waals surface area contributed by atoms with Crippen LogP contribution >= 0.6 is 0 Å². The first-order valence-electron chi connectivity index (χ1n) is 5.77. The van der Waals surface area contributed by atoms with Gasteiger partial charge in [-0.1, -0.05) is 6.07 Å². The number of anilines is 1. The highest BCUT2D eigenvalue weighted by molar-refractivity contribution is 5.53. The van der Waals surface area contributed by atoms with Crippen molar-refractivity contribution in [3.63, 3.8) is 0 Å². The Morgan fingerprint density at radius 1 is 1.41 bits per heavy atom. The van der Waals surface area contributed by atoms with Gasteiger partial charge in [0.15, 0.2) is 0 Å². The van der Waals surface area contributed by atoms with E-state index in [0.29, 0.717) is 24.4 Å². The summed E-state index contributed by atoms with van der Waals surface area (Å²) in [6.07, 6.45) is 0.188. The summed E-state index contributed by atoms with van der Waals surface area (Å²) in [7, 11) is 1.86. The molecule has 4 heteroatoms. The maximum Gasteiger partial charge on any atom is 0.130 e. The van der Waals surface area contributed by atoms with Crippen LogP contribution in [0.25, 0.3) is 0 Å². The lowest BCUT2D eigenvalue weighted by atomic mass is 10.1. The quantitative estimate of drug-likeness (QED) is 0.828. The fourth-order valence-electron chi connectivity index (χ4n) is 1.61. The molecule has 0 heterocycles. The van der Waals surface area contributed by atoms with Crippen LogP contribution in [0.2, 0.25) is 0 Å². The monoisotopic (exact) mass is 241 g/mol. The van der Waals surface area contributed by atoms with Gasteiger partial charge in [0.1, 0.15) is 5.82 Å². The molecule has 0 fully saturated rings. The van der Waals surface area contributed by atoms with Crippen LogP contribution in [0.3, 0.4) is 0 Å². The number of hydrogen-bond donors (Lipinski definition) is 1. The molecule has 0 aliphatic heterocycles. The van der Waals surface area contributed by atoms with Crippen molar-refractivity contribution in [1.29, 1.82) is 0 Å². The van der Waals surface area contributed by atoms with Gasteiger partial charge in [0.25, 0.3) is 0 Å². The number of benzene rings is 1. The molecule has 0 aromatic heterocycles. The maximum atomic E-state index is 13.4. The van der Waals surface area contributed by atoms with Crippen LogP contribution in [-0.4, -0.2) is 31.4 Å². The van der Waals surface area contributed by atoms with Gasteiger partial charge in [-0.15, -0.1) is 0 Å². The van der Waals surface area contributed by atoms with Crippen LogP contribution in [0.4, 0.5) is 10.1 Å². The summed E-state index contributed by atoms with van der Waals surface area (Å²) in [5, 5.41) is 9.16. The minimum absolute atomic E-state index is 0.188. The largest absolute Gasteiger partial charge is 0.391 e. The number of aliphatic hydroxyl groups is 1. The first kappa shape index (κ1) is 13.9. The number of nitrogens with zero attached hydrogens (tertiary/aromatic N) is 1. The summed E-state index contributed by atoms with van der Waals surface area (Å²) >= 11 is 0. The van der Waals surface area contributed by atoms with E-state index in [-0.39, 0.29) is 18.5 Å². The van der Waals surface area contributed by atoms with E-state index in [0.717, 1.165) is 0 Å². The predicted octanol–water partition coefficient (Wildman–Crippen LogP) is 2.18. The molecule has 1 N–H and O–H groups in total. The van der Waals surface area contributed by atoms with Gasteiger partial charge in [-0.05, 0) is 26.0 Å². The molecule has 0 aliphatic rings. The Kier molecular flexibility index (Phi) is 5.38. The van der Waals surface area contributed by atoms with Crippen LogP contribution in [0.5, 0.6) is 0 Å². The fraction of sp³-hybridized carbons (Fsp3) is 0.538. The zero-order valence-electron chi connectivity index (χ0n) is 10.6. The van der Waals surface area contributed by atoms with Crippen LogP contribution in [-0.2, 0) is 11.3 Å². The average Bonchev–Trinajstić information content (AvgIpc) is 2.28. The van der Waals surface area contributed by atoms with Gasteiger partial charge in [0.2, 0.25) is 0 Å². The molecule has 3 nitrogen and oxygen atoms in total. The number of aliphatic hydroxyl groups excluding tert-OH is 1. The van der Waals surface area contributed by atoms with Gasteiger partial charge in [-0.25, -0.2) is 4.39 Å². The van der Waals surface area contributed by atoms with Crippen molar-refractivity contribution in [2.45, 2.75) is 26.6 Å². The van der Waals surface area contributed by atoms with E-state index in [4.69, 9.17) is 9.84 Å². The summed E-state index contributed by atoms with van der Waals surface area (Å²) in [6, 6.07) is 4.79. The lowest BCUT2D eigenvalue weighted by Crippen LogP contribution is -2.25. The lowest BCUT2D eigenvalue weighted by molar-refractivity contribution is 0.0845. The molecule has 0 saturated heterocycles. The van der Waals surface area contributed by atoms with Gasteiger partial charge >= 0.3 is 0 Å². The molecule has 0 aliphatic carbocycles. The number of hydrogen-bond acceptors (Lipinski definition) is 3. The molecular weight excluding hydrogens is 221 g/mol. The molecule has 17 heavy (non-hydrogen) atoms. The number of halogens is 1. The molecule has 1 rings (SSSR count). The third kappa shape index (κ3) is 3.98. The fourth-order valence-corrected chi connectivity index (χ4v) is 1.61. The topological polar surface area (TPSA) is 32.7 Å². The van der Waals surface area contributed by atoms with E-state index in [1.165, 1.54) is 6.07 Å². The SMILES string of the molecule is CC(C)OCCN(C)c1cccc(F)c1CO. The lowest BCUT2D eigenvalue weighted by Gasteiger charge is -2.22. The molecule has 0 radical (unpaired) electrons. The molecule has 0 spiro atoms. The Morgan fingerprint density at radius 2 is 2.12 bits per heavy atom. The van der Waals surface area contributed by atoms with Crippen molar-refractivity contribution < 1.29 is 14.2 Å². The van der Waals surface area contributed by atoms with E-state index in [2.05, 4.69) is 0 Å². The van der Waals surface area contributed by atoms with Gasteiger partial charge in [0.05, 0.1) is 19.3 Å². The molecule has 1 aromatic rings. The molecular formula is C13H20FNO2. The molecule has 0 unspecified atom stereocenters. The first-order chi connectivity index (χ1) is 8.06. The van der Waals surface area contributed by atoms with Crippen molar-refractivity contribution in [1.82, 2.24) is 0 Å². The van der Waals surface area contributed by atoms with Gasteiger partial charge in [0, 0.05) is 24.8 Å². The Bertz CT molecular complexity index is 355. The molecule has 0 atom stereocenters. The summed E-state index contributed by atoms with van der Waals surface area (Å²) in [5.41, 5.74) is 1.04. The third-order valence-electron chi connectivity index (χ3n) is 2.54. The van der Waals surface area contributed by atoms with E-state index < -0.39 is 0 Å². The Morgan fingerprint density at radius 3 is 2.71 bits per heavy atom. The molecule has 0 amide bonds. The van der Waals surface area contributed by atoms with Crippen LogP contribution in [0, 0.1) is 5.82 Å². The number of likely N-dealkylation sites (N-methyl/N-ethyl adjacent to an activating group) is 1. The highest BCUT2D eigenvalue weighted by Crippen LogP contribution is 2.22. The number of rotatable bonds is 6. The minimum atomic E-state index is -0.373. The molecule has 0 bridgehead atoms. The standard InChI is InChI=1S/C13H20FNO2/c1-10(2)17-8-7-15(3)13-6-4-5-12(14)11(13)9-16/h4-6,10,16H,7-9H2,1-3H3. The number of ether oxygens (including phenoxy) is 1. The predicted molar refractivity (Wildman–Crippen MR) is 66.7 cm³/mol. The van der Waals surface area contributed by atoms with E-state index in [1.807, 2.05) is 25.8 Å². The second kappa shape index (κ2) is 6.57. The zero-order chi connectivity index (χ0) is 12.8. The Balaban J connectivity index is 2.68. The zero-order valence-corrected chi connectivity index (χ0v) is 10.6. The normalized spacial score (nSPS) is 10.9. The van der Waals surface area contributed by atoms with Crippen molar-refractivity contribution in [3.8, 4) is 0 Å². The minimum Gasteiger partial charge on any atom is -0.391 e. The molecule has 96 valence electrons. The summed E-state index contributed by atoms with van der Waals surface area (Å²) in [5.74, 6) is -0.373. The maximum absolute atomic E-state index is 13.4. The Labute approximate surface area is 102 Å². The molecule has 1 aromatic carbocycles. The summed E-state index contributed by atoms with van der Waals surface area (Å²) < 4.78 is 18.9. The highest BCUT2D eigenvalue weighted by Gasteiger charge is 2.10. The van der Waals surface area contributed by atoms with Crippen molar-refractivity contribution in [2.24, 2.45) is 0 Å². The molecule has 0 saturated carbocycles. The van der Waals surface area contributed by atoms with Crippen LogP contribution in [0.1, 0.15) is 19.4 Å². The highest BCUT2D eigenvalue weighted by atomic mass is 19.1. The second-order valence-electron chi connectivity index (χ2n) is 4.24. The van der Waals surface area contributed by atoms with Gasteiger partial charge < -0.3 is 14.7 Å². The average molecular weight is 241 g/mol. The smallest absolute Gasteiger partial charge is 0.130 e. The Hall–Kier alpha value is -1.13.